The first-order chi connectivity index (χ1) is 6.77. The van der Waals surface area contributed by atoms with Crippen LogP contribution in [0.15, 0.2) is 0 Å². The molecule has 0 aliphatic carbocycles. The molecule has 2 aliphatic rings. The zero-order valence-electron chi connectivity index (χ0n) is 8.45. The molecule has 4 heteroatoms. The standard InChI is InChI=1S/C10H18N2OS/c11-9-2-1-4-12(6-9)10(13)8-3-5-14-7-8/h8-9H,1-7,11H2. The smallest absolute Gasteiger partial charge is 0.226 e. The van der Waals surface area contributed by atoms with Gasteiger partial charge >= 0.3 is 0 Å². The van der Waals surface area contributed by atoms with Gasteiger partial charge in [0, 0.05) is 30.8 Å². The van der Waals surface area contributed by atoms with E-state index in [1.807, 2.05) is 16.7 Å². The molecule has 14 heavy (non-hydrogen) atoms. The highest BCUT2D eigenvalue weighted by atomic mass is 32.2. The first-order valence-electron chi connectivity index (χ1n) is 5.39. The minimum atomic E-state index is 0.210. The van der Waals surface area contributed by atoms with Gasteiger partial charge in [-0.25, -0.2) is 0 Å². The predicted octanol–water partition coefficient (Wildman–Crippen LogP) is 0.689. The monoisotopic (exact) mass is 214 g/mol. The van der Waals surface area contributed by atoms with Gasteiger partial charge in [0.2, 0.25) is 5.91 Å². The number of rotatable bonds is 1. The van der Waals surface area contributed by atoms with Crippen molar-refractivity contribution in [3.8, 4) is 0 Å². The van der Waals surface area contributed by atoms with Gasteiger partial charge in [-0.1, -0.05) is 0 Å². The fourth-order valence-electron chi connectivity index (χ4n) is 2.20. The van der Waals surface area contributed by atoms with Crippen LogP contribution in [0.2, 0.25) is 0 Å². The molecule has 2 fully saturated rings. The maximum atomic E-state index is 12.0. The molecule has 3 nitrogen and oxygen atoms in total. The van der Waals surface area contributed by atoms with Crippen molar-refractivity contribution in [1.29, 1.82) is 0 Å². The second-order valence-corrected chi connectivity index (χ2v) is 5.40. The average Bonchev–Trinajstić information content (AvgIpc) is 2.69. The van der Waals surface area contributed by atoms with Crippen LogP contribution in [0.25, 0.3) is 0 Å². The second-order valence-electron chi connectivity index (χ2n) is 4.25. The lowest BCUT2D eigenvalue weighted by Gasteiger charge is -2.32. The normalized spacial score (nSPS) is 33.4. The Morgan fingerprint density at radius 2 is 2.29 bits per heavy atom. The van der Waals surface area contributed by atoms with Crippen LogP contribution >= 0.6 is 11.8 Å². The molecular weight excluding hydrogens is 196 g/mol. The number of likely N-dealkylation sites (tertiary alicyclic amines) is 1. The van der Waals surface area contributed by atoms with Gasteiger partial charge in [0.25, 0.3) is 0 Å². The number of nitrogens with two attached hydrogens (primary N) is 1. The Morgan fingerprint density at radius 1 is 1.43 bits per heavy atom. The van der Waals surface area contributed by atoms with E-state index in [0.717, 1.165) is 43.9 Å². The zero-order chi connectivity index (χ0) is 9.97. The number of carbonyl (C=O) groups excluding carboxylic acids is 1. The molecule has 2 atom stereocenters. The van der Waals surface area contributed by atoms with Gasteiger partial charge < -0.3 is 10.6 Å². The Bertz CT molecular complexity index is 216. The fourth-order valence-corrected chi connectivity index (χ4v) is 3.41. The zero-order valence-corrected chi connectivity index (χ0v) is 9.26. The summed E-state index contributed by atoms with van der Waals surface area (Å²) in [5.74, 6) is 2.80. The number of piperidine rings is 1. The molecule has 80 valence electrons. The molecule has 2 N–H and O–H groups in total. The van der Waals surface area contributed by atoms with Crippen LogP contribution in [0, 0.1) is 5.92 Å². The Hall–Kier alpha value is -0.220. The van der Waals surface area contributed by atoms with Crippen LogP contribution in [0.4, 0.5) is 0 Å². The molecule has 0 bridgehead atoms. The highest BCUT2D eigenvalue weighted by molar-refractivity contribution is 7.99. The summed E-state index contributed by atoms with van der Waals surface area (Å²) in [4.78, 5) is 14.0. The first-order valence-corrected chi connectivity index (χ1v) is 6.55. The van der Waals surface area contributed by atoms with Crippen molar-refractivity contribution in [2.45, 2.75) is 25.3 Å². The Balaban J connectivity index is 1.89. The Kier molecular flexibility index (Phi) is 3.34. The van der Waals surface area contributed by atoms with Crippen molar-refractivity contribution < 1.29 is 4.79 Å². The van der Waals surface area contributed by atoms with Crippen LogP contribution in [-0.2, 0) is 4.79 Å². The highest BCUT2D eigenvalue weighted by Crippen LogP contribution is 2.26. The largest absolute Gasteiger partial charge is 0.341 e. The molecule has 0 saturated carbocycles. The average molecular weight is 214 g/mol. The lowest BCUT2D eigenvalue weighted by Crippen LogP contribution is -2.47. The summed E-state index contributed by atoms with van der Waals surface area (Å²) < 4.78 is 0. The van der Waals surface area contributed by atoms with E-state index in [1.165, 1.54) is 0 Å². The lowest BCUT2D eigenvalue weighted by atomic mass is 10.0. The molecule has 2 aliphatic heterocycles. The molecule has 2 saturated heterocycles. The van der Waals surface area contributed by atoms with Crippen LogP contribution in [0.5, 0.6) is 0 Å². The highest BCUT2D eigenvalue weighted by Gasteiger charge is 2.29. The van der Waals surface area contributed by atoms with Gasteiger partial charge in [0.05, 0.1) is 0 Å². The molecule has 2 heterocycles. The lowest BCUT2D eigenvalue weighted by molar-refractivity contribution is -0.135. The Morgan fingerprint density at radius 3 is 2.93 bits per heavy atom. The van der Waals surface area contributed by atoms with Crippen LogP contribution < -0.4 is 5.73 Å². The molecule has 0 spiro atoms. The van der Waals surface area contributed by atoms with Crippen molar-refractivity contribution in [1.82, 2.24) is 4.90 Å². The summed E-state index contributed by atoms with van der Waals surface area (Å²) in [6, 6.07) is 0.210. The van der Waals surface area contributed by atoms with E-state index in [0.29, 0.717) is 5.91 Å². The summed E-state index contributed by atoms with van der Waals surface area (Å²) in [5, 5.41) is 0. The van der Waals surface area contributed by atoms with Crippen molar-refractivity contribution in [2.75, 3.05) is 24.6 Å². The second kappa shape index (κ2) is 4.53. The van der Waals surface area contributed by atoms with Crippen molar-refractivity contribution >= 4 is 17.7 Å². The summed E-state index contributed by atoms with van der Waals surface area (Å²) in [5.41, 5.74) is 5.86. The molecule has 0 aromatic rings. The Labute approximate surface area is 89.4 Å². The quantitative estimate of drug-likeness (QED) is 0.698. The molecule has 2 unspecified atom stereocenters. The van der Waals surface area contributed by atoms with E-state index in [2.05, 4.69) is 0 Å². The van der Waals surface area contributed by atoms with E-state index in [-0.39, 0.29) is 12.0 Å². The first kappa shape index (κ1) is 10.3. The van der Waals surface area contributed by atoms with Crippen molar-refractivity contribution in [3.63, 3.8) is 0 Å². The summed E-state index contributed by atoms with van der Waals surface area (Å²) in [7, 11) is 0. The number of hydrogen-bond donors (Lipinski definition) is 1. The van der Waals surface area contributed by atoms with Crippen molar-refractivity contribution in [2.24, 2.45) is 11.7 Å². The van der Waals surface area contributed by atoms with E-state index < -0.39 is 0 Å². The molecule has 2 rings (SSSR count). The van der Waals surface area contributed by atoms with Crippen LogP contribution in [0.3, 0.4) is 0 Å². The SMILES string of the molecule is NC1CCCN(C(=O)C2CCSC2)C1. The topological polar surface area (TPSA) is 46.3 Å². The number of amides is 1. The fraction of sp³-hybridized carbons (Fsp3) is 0.900. The maximum absolute atomic E-state index is 12.0. The maximum Gasteiger partial charge on any atom is 0.226 e. The van der Waals surface area contributed by atoms with E-state index in [1.54, 1.807) is 0 Å². The third-order valence-electron chi connectivity index (χ3n) is 3.05. The number of carbonyl (C=O) groups is 1. The van der Waals surface area contributed by atoms with Gasteiger partial charge in [-0.3, -0.25) is 4.79 Å². The van der Waals surface area contributed by atoms with Crippen molar-refractivity contribution in [3.05, 3.63) is 0 Å². The summed E-state index contributed by atoms with van der Waals surface area (Å²) >= 11 is 1.90. The minimum Gasteiger partial charge on any atom is -0.341 e. The molecule has 1 amide bonds. The van der Waals surface area contributed by atoms with Crippen LogP contribution in [-0.4, -0.2) is 41.4 Å². The molecule has 0 aromatic carbocycles. The van der Waals surface area contributed by atoms with Gasteiger partial charge in [-0.05, 0) is 25.0 Å². The molecule has 0 radical (unpaired) electrons. The molecular formula is C10H18N2OS. The third-order valence-corrected chi connectivity index (χ3v) is 4.21. The minimum absolute atomic E-state index is 0.210. The van der Waals surface area contributed by atoms with Gasteiger partial charge in [-0.2, -0.15) is 11.8 Å². The van der Waals surface area contributed by atoms with E-state index in [4.69, 9.17) is 5.73 Å². The number of thioether (sulfide) groups is 1. The van der Waals surface area contributed by atoms with Gasteiger partial charge in [0.15, 0.2) is 0 Å². The van der Waals surface area contributed by atoms with E-state index in [9.17, 15) is 4.79 Å². The summed E-state index contributed by atoms with van der Waals surface area (Å²) in [6.45, 7) is 1.70. The predicted molar refractivity (Wildman–Crippen MR) is 59.2 cm³/mol. The van der Waals surface area contributed by atoms with Gasteiger partial charge in [0.1, 0.15) is 0 Å². The number of hydrogen-bond acceptors (Lipinski definition) is 3. The third kappa shape index (κ3) is 2.23. The summed E-state index contributed by atoms with van der Waals surface area (Å²) in [6.07, 6.45) is 3.21. The van der Waals surface area contributed by atoms with Gasteiger partial charge in [-0.15, -0.1) is 0 Å². The molecule has 0 aromatic heterocycles. The number of nitrogens with zero attached hydrogens (tertiary/aromatic N) is 1. The van der Waals surface area contributed by atoms with Crippen LogP contribution in [0.1, 0.15) is 19.3 Å². The van der Waals surface area contributed by atoms with E-state index >= 15 is 0 Å².